The summed E-state index contributed by atoms with van der Waals surface area (Å²) in [4.78, 5) is 13.9. The van der Waals surface area contributed by atoms with E-state index in [1.54, 1.807) is 17.7 Å². The number of rotatable bonds is 6. The molecular formula is C22H31N3O4S. The first-order valence-electron chi connectivity index (χ1n) is 11.3. The van der Waals surface area contributed by atoms with Crippen molar-refractivity contribution in [2.45, 2.75) is 69.1 Å². The fourth-order valence-electron chi connectivity index (χ4n) is 5.40. The summed E-state index contributed by atoms with van der Waals surface area (Å²) < 4.78 is 12.0. The number of thiophene rings is 1. The average molecular weight is 434 g/mol. The first-order valence-corrected chi connectivity index (χ1v) is 12.1. The fraction of sp³-hybridized carbons (Fsp3) is 0.727. The van der Waals surface area contributed by atoms with Crippen LogP contribution in [-0.4, -0.2) is 76.2 Å². The molecule has 0 amide bonds. The van der Waals surface area contributed by atoms with Crippen LogP contribution in [0.4, 0.5) is 0 Å². The van der Waals surface area contributed by atoms with Crippen molar-refractivity contribution in [1.82, 2.24) is 14.9 Å². The number of morpholine rings is 1. The normalized spacial score (nSPS) is 28.5. The zero-order valence-corrected chi connectivity index (χ0v) is 18.1. The summed E-state index contributed by atoms with van der Waals surface area (Å²) in [6.07, 6.45) is 8.13. The SMILES string of the molecule is OC[C@H](O)C[C@H]1CCc2sc3ncnc(O[C@H]4CC[C@H](N5CCOCC5)CC4)c3c21. The topological polar surface area (TPSA) is 87.9 Å². The van der Waals surface area contributed by atoms with Crippen LogP contribution >= 0.6 is 11.3 Å². The predicted octanol–water partition coefficient (Wildman–Crippen LogP) is 2.49. The minimum atomic E-state index is -0.680. The van der Waals surface area contributed by atoms with E-state index >= 15 is 0 Å². The van der Waals surface area contributed by atoms with Crippen molar-refractivity contribution in [3.05, 3.63) is 16.8 Å². The first kappa shape index (κ1) is 20.6. The van der Waals surface area contributed by atoms with Crippen LogP contribution < -0.4 is 4.74 Å². The third-order valence-corrected chi connectivity index (χ3v) is 8.12. The average Bonchev–Trinajstić information content (AvgIpc) is 3.35. The Morgan fingerprint density at radius 3 is 2.73 bits per heavy atom. The molecule has 1 aliphatic heterocycles. The number of fused-ring (bicyclic) bond motifs is 3. The van der Waals surface area contributed by atoms with Crippen LogP contribution in [0.5, 0.6) is 5.88 Å². The molecule has 2 N–H and O–H groups in total. The van der Waals surface area contributed by atoms with Crippen molar-refractivity contribution in [1.29, 1.82) is 0 Å². The smallest absolute Gasteiger partial charge is 0.225 e. The van der Waals surface area contributed by atoms with E-state index < -0.39 is 6.10 Å². The van der Waals surface area contributed by atoms with Gasteiger partial charge in [-0.3, -0.25) is 4.90 Å². The monoisotopic (exact) mass is 433 g/mol. The van der Waals surface area contributed by atoms with Crippen molar-refractivity contribution in [3.8, 4) is 5.88 Å². The molecule has 2 fully saturated rings. The minimum absolute atomic E-state index is 0.193. The Balaban J connectivity index is 1.31. The van der Waals surface area contributed by atoms with E-state index in [4.69, 9.17) is 9.47 Å². The third-order valence-electron chi connectivity index (χ3n) is 6.95. The first-order chi connectivity index (χ1) is 14.7. The zero-order chi connectivity index (χ0) is 20.5. The summed E-state index contributed by atoms with van der Waals surface area (Å²) in [5.74, 6) is 0.944. The lowest BCUT2D eigenvalue weighted by molar-refractivity contribution is -0.00126. The molecule has 3 heterocycles. The van der Waals surface area contributed by atoms with E-state index in [2.05, 4.69) is 14.9 Å². The lowest BCUT2D eigenvalue weighted by atomic mass is 9.91. The molecule has 1 saturated carbocycles. The van der Waals surface area contributed by atoms with Gasteiger partial charge in [0.15, 0.2) is 0 Å². The maximum absolute atomic E-state index is 10.00. The summed E-state index contributed by atoms with van der Waals surface area (Å²) in [7, 11) is 0. The quantitative estimate of drug-likeness (QED) is 0.724. The van der Waals surface area contributed by atoms with Crippen LogP contribution in [0, 0.1) is 0 Å². The molecular weight excluding hydrogens is 402 g/mol. The van der Waals surface area contributed by atoms with Gasteiger partial charge in [-0.15, -0.1) is 11.3 Å². The lowest BCUT2D eigenvalue weighted by Gasteiger charge is -2.38. The van der Waals surface area contributed by atoms with Crippen LogP contribution in [0.3, 0.4) is 0 Å². The predicted molar refractivity (Wildman–Crippen MR) is 115 cm³/mol. The Morgan fingerprint density at radius 2 is 1.97 bits per heavy atom. The second kappa shape index (κ2) is 9.04. The van der Waals surface area contributed by atoms with E-state index in [1.807, 2.05) is 0 Å². The second-order valence-corrected chi connectivity index (χ2v) is 9.89. The Morgan fingerprint density at radius 1 is 1.17 bits per heavy atom. The number of hydrogen-bond donors (Lipinski definition) is 2. The van der Waals surface area contributed by atoms with Gasteiger partial charge in [0.05, 0.1) is 31.3 Å². The van der Waals surface area contributed by atoms with Crippen molar-refractivity contribution >= 4 is 21.6 Å². The molecule has 7 nitrogen and oxygen atoms in total. The molecule has 0 aromatic carbocycles. The largest absolute Gasteiger partial charge is 0.474 e. The van der Waals surface area contributed by atoms with Crippen LogP contribution in [0.1, 0.15) is 54.9 Å². The second-order valence-electron chi connectivity index (χ2n) is 8.80. The zero-order valence-electron chi connectivity index (χ0n) is 17.3. The molecule has 0 radical (unpaired) electrons. The Kier molecular flexibility index (Phi) is 6.20. The van der Waals surface area contributed by atoms with Gasteiger partial charge in [0.1, 0.15) is 17.3 Å². The van der Waals surface area contributed by atoms with Gasteiger partial charge in [-0.2, -0.15) is 0 Å². The van der Waals surface area contributed by atoms with Gasteiger partial charge in [0.25, 0.3) is 0 Å². The maximum Gasteiger partial charge on any atom is 0.225 e. The Hall–Kier alpha value is -1.32. The number of nitrogens with zero attached hydrogens (tertiary/aromatic N) is 3. The van der Waals surface area contributed by atoms with E-state index in [9.17, 15) is 10.2 Å². The van der Waals surface area contributed by atoms with E-state index in [-0.39, 0.29) is 18.6 Å². The molecule has 0 bridgehead atoms. The molecule has 5 rings (SSSR count). The Labute approximate surface area is 181 Å². The summed E-state index contributed by atoms with van der Waals surface area (Å²) in [6.45, 7) is 3.60. The highest BCUT2D eigenvalue weighted by atomic mass is 32.1. The summed E-state index contributed by atoms with van der Waals surface area (Å²) in [6, 6.07) is 0.647. The third kappa shape index (κ3) is 4.08. The molecule has 2 aromatic heterocycles. The molecule has 0 unspecified atom stereocenters. The van der Waals surface area contributed by atoms with E-state index in [0.717, 1.165) is 75.0 Å². The number of aromatic nitrogens is 2. The fourth-order valence-corrected chi connectivity index (χ4v) is 6.63. The molecule has 2 atom stereocenters. The van der Waals surface area contributed by atoms with Gasteiger partial charge < -0.3 is 19.7 Å². The van der Waals surface area contributed by atoms with Crippen molar-refractivity contribution in [2.75, 3.05) is 32.9 Å². The van der Waals surface area contributed by atoms with Crippen molar-refractivity contribution in [3.63, 3.8) is 0 Å². The van der Waals surface area contributed by atoms with Gasteiger partial charge in [0, 0.05) is 24.0 Å². The highest BCUT2D eigenvalue weighted by Crippen LogP contribution is 2.47. The molecule has 3 aliphatic rings. The molecule has 30 heavy (non-hydrogen) atoms. The number of aliphatic hydroxyl groups is 2. The van der Waals surface area contributed by atoms with E-state index in [1.165, 1.54) is 10.4 Å². The van der Waals surface area contributed by atoms with Crippen LogP contribution in [0.15, 0.2) is 6.33 Å². The van der Waals surface area contributed by atoms with Gasteiger partial charge in [-0.1, -0.05) is 0 Å². The van der Waals surface area contributed by atoms with Gasteiger partial charge in [-0.05, 0) is 56.4 Å². The van der Waals surface area contributed by atoms with Crippen LogP contribution in [0.2, 0.25) is 0 Å². The lowest BCUT2D eigenvalue weighted by Crippen LogP contribution is -2.46. The van der Waals surface area contributed by atoms with Gasteiger partial charge >= 0.3 is 0 Å². The maximum atomic E-state index is 10.00. The van der Waals surface area contributed by atoms with Crippen LogP contribution in [0.25, 0.3) is 10.2 Å². The highest BCUT2D eigenvalue weighted by Gasteiger charge is 2.33. The van der Waals surface area contributed by atoms with E-state index in [0.29, 0.717) is 18.3 Å². The number of aryl methyl sites for hydroxylation is 1. The summed E-state index contributed by atoms with van der Waals surface area (Å²) in [5, 5.41) is 20.3. The molecule has 8 heteroatoms. The van der Waals surface area contributed by atoms with Gasteiger partial charge in [0.2, 0.25) is 5.88 Å². The van der Waals surface area contributed by atoms with Gasteiger partial charge in [-0.25, -0.2) is 9.97 Å². The number of aliphatic hydroxyl groups excluding tert-OH is 2. The highest BCUT2D eigenvalue weighted by molar-refractivity contribution is 7.19. The summed E-state index contributed by atoms with van der Waals surface area (Å²) >= 11 is 1.73. The molecule has 2 aromatic rings. The van der Waals surface area contributed by atoms with Crippen molar-refractivity contribution < 1.29 is 19.7 Å². The van der Waals surface area contributed by atoms with Crippen molar-refractivity contribution in [2.24, 2.45) is 0 Å². The molecule has 0 spiro atoms. The molecule has 164 valence electrons. The number of ether oxygens (including phenoxy) is 2. The molecule has 1 saturated heterocycles. The molecule has 2 aliphatic carbocycles. The Bertz CT molecular complexity index is 861. The summed E-state index contributed by atoms with van der Waals surface area (Å²) in [5.41, 5.74) is 1.25. The van der Waals surface area contributed by atoms with Crippen LogP contribution in [-0.2, 0) is 11.2 Å². The minimum Gasteiger partial charge on any atom is -0.474 e. The number of hydrogen-bond acceptors (Lipinski definition) is 8. The standard InChI is InChI=1S/C22H31N3O4S/c26-12-16(27)11-14-1-6-18-19(14)20-21(23-13-24-22(20)30-18)29-17-4-2-15(3-5-17)25-7-9-28-10-8-25/h13-17,26-27H,1-12H2/t14-,15-,16-,17-/m1/s1.